The largest absolute Gasteiger partial charge is 0.310 e. The predicted molar refractivity (Wildman–Crippen MR) is 47.6 cm³/mol. The first kappa shape index (κ1) is 9.73. The summed E-state index contributed by atoms with van der Waals surface area (Å²) in [5, 5.41) is 3.36. The second kappa shape index (κ2) is 5.51. The van der Waals surface area contributed by atoms with Crippen molar-refractivity contribution in [1.29, 1.82) is 0 Å². The van der Waals surface area contributed by atoms with Crippen molar-refractivity contribution in [1.82, 2.24) is 5.32 Å². The van der Waals surface area contributed by atoms with E-state index >= 15 is 0 Å². The lowest BCUT2D eigenvalue weighted by atomic mass is 10.1. The maximum atomic E-state index is 3.69. The molecule has 0 spiro atoms. The van der Waals surface area contributed by atoms with Crippen LogP contribution in [0.5, 0.6) is 0 Å². The van der Waals surface area contributed by atoms with Crippen LogP contribution in [0.2, 0.25) is 0 Å². The van der Waals surface area contributed by atoms with Gasteiger partial charge in [-0.1, -0.05) is 18.2 Å². The van der Waals surface area contributed by atoms with Gasteiger partial charge in [0.25, 0.3) is 0 Å². The van der Waals surface area contributed by atoms with Gasteiger partial charge in [0.1, 0.15) is 0 Å². The molecule has 1 nitrogen and oxygen atoms in total. The quantitative estimate of drug-likeness (QED) is 0.607. The number of halogens is 1. The summed E-state index contributed by atoms with van der Waals surface area (Å²) >= 11 is 0. The van der Waals surface area contributed by atoms with Crippen LogP contribution in [0.4, 0.5) is 0 Å². The zero-order valence-corrected chi connectivity index (χ0v) is 6.86. The van der Waals surface area contributed by atoms with E-state index in [1.807, 2.05) is 6.08 Å². The van der Waals surface area contributed by atoms with Crippen molar-refractivity contribution in [2.24, 2.45) is 0 Å². The van der Waals surface area contributed by atoms with Gasteiger partial charge >= 0.3 is 0 Å². The molecule has 0 bridgehead atoms. The fourth-order valence-corrected chi connectivity index (χ4v) is 1.04. The standard InChI is InChI=1S/C8H13N.ClH/c1-2-5-8-6-3-4-7-9-8;/h2-4,8-9H,1,5-7H2;1H. The molecule has 10 heavy (non-hydrogen) atoms. The second-order valence-electron chi connectivity index (χ2n) is 2.34. The van der Waals surface area contributed by atoms with Crippen LogP contribution in [0.25, 0.3) is 0 Å². The summed E-state index contributed by atoms with van der Waals surface area (Å²) < 4.78 is 0. The Bertz CT molecular complexity index is 120. The Morgan fingerprint density at radius 1 is 1.60 bits per heavy atom. The highest BCUT2D eigenvalue weighted by Gasteiger charge is 2.04. The number of hydrogen-bond acceptors (Lipinski definition) is 1. The zero-order chi connectivity index (χ0) is 6.53. The maximum Gasteiger partial charge on any atom is 0.0139 e. The van der Waals surface area contributed by atoms with E-state index in [0.29, 0.717) is 6.04 Å². The van der Waals surface area contributed by atoms with Gasteiger partial charge in [0.05, 0.1) is 0 Å². The van der Waals surface area contributed by atoms with Gasteiger partial charge in [-0.3, -0.25) is 0 Å². The van der Waals surface area contributed by atoms with Crippen molar-refractivity contribution >= 4 is 12.4 Å². The lowest BCUT2D eigenvalue weighted by Gasteiger charge is -2.17. The summed E-state index contributed by atoms with van der Waals surface area (Å²) in [4.78, 5) is 0. The van der Waals surface area contributed by atoms with Crippen LogP contribution in [0.15, 0.2) is 24.8 Å². The van der Waals surface area contributed by atoms with Gasteiger partial charge < -0.3 is 5.32 Å². The van der Waals surface area contributed by atoms with Crippen molar-refractivity contribution in [3.05, 3.63) is 24.8 Å². The lowest BCUT2D eigenvalue weighted by Crippen LogP contribution is -2.30. The number of rotatable bonds is 2. The van der Waals surface area contributed by atoms with Gasteiger partial charge in [0.2, 0.25) is 0 Å². The Morgan fingerprint density at radius 3 is 2.90 bits per heavy atom. The van der Waals surface area contributed by atoms with E-state index in [0.717, 1.165) is 19.4 Å². The first-order chi connectivity index (χ1) is 4.43. The Morgan fingerprint density at radius 2 is 2.40 bits per heavy atom. The van der Waals surface area contributed by atoms with Crippen LogP contribution >= 0.6 is 12.4 Å². The van der Waals surface area contributed by atoms with E-state index in [-0.39, 0.29) is 12.4 Å². The van der Waals surface area contributed by atoms with E-state index in [1.54, 1.807) is 0 Å². The smallest absolute Gasteiger partial charge is 0.0139 e. The van der Waals surface area contributed by atoms with Crippen molar-refractivity contribution in [2.45, 2.75) is 18.9 Å². The lowest BCUT2D eigenvalue weighted by molar-refractivity contribution is 0.534. The third kappa shape index (κ3) is 3.04. The minimum absolute atomic E-state index is 0. The summed E-state index contributed by atoms with van der Waals surface area (Å²) in [5.74, 6) is 0. The summed E-state index contributed by atoms with van der Waals surface area (Å²) in [6, 6.07) is 0.646. The van der Waals surface area contributed by atoms with E-state index in [9.17, 15) is 0 Å². The third-order valence-electron chi connectivity index (χ3n) is 1.56. The molecule has 2 heteroatoms. The van der Waals surface area contributed by atoms with E-state index in [2.05, 4.69) is 24.0 Å². The van der Waals surface area contributed by atoms with Gasteiger partial charge in [-0.2, -0.15) is 0 Å². The highest BCUT2D eigenvalue weighted by atomic mass is 35.5. The Kier molecular flexibility index (Phi) is 5.36. The minimum Gasteiger partial charge on any atom is -0.310 e. The number of hydrogen-bond donors (Lipinski definition) is 1. The van der Waals surface area contributed by atoms with Crippen LogP contribution in [0.3, 0.4) is 0 Å². The molecule has 1 atom stereocenters. The molecular weight excluding hydrogens is 146 g/mol. The summed E-state index contributed by atoms with van der Waals surface area (Å²) in [6.45, 7) is 4.72. The van der Waals surface area contributed by atoms with Crippen molar-refractivity contribution < 1.29 is 0 Å². The van der Waals surface area contributed by atoms with Crippen molar-refractivity contribution in [2.75, 3.05) is 6.54 Å². The minimum atomic E-state index is 0. The maximum absolute atomic E-state index is 3.69. The average Bonchev–Trinajstić information content (AvgIpc) is 1.91. The van der Waals surface area contributed by atoms with Gasteiger partial charge in [-0.05, 0) is 12.8 Å². The van der Waals surface area contributed by atoms with Crippen LogP contribution in [0.1, 0.15) is 12.8 Å². The molecule has 1 unspecified atom stereocenters. The van der Waals surface area contributed by atoms with Crippen LogP contribution in [-0.2, 0) is 0 Å². The monoisotopic (exact) mass is 159 g/mol. The molecular formula is C8H14ClN. The molecule has 1 rings (SSSR count). The SMILES string of the molecule is C=CCC1CC=CCN1.Cl. The zero-order valence-electron chi connectivity index (χ0n) is 6.05. The van der Waals surface area contributed by atoms with Gasteiger partial charge in [0.15, 0.2) is 0 Å². The predicted octanol–water partition coefficient (Wildman–Crippen LogP) is 1.90. The van der Waals surface area contributed by atoms with Crippen molar-refractivity contribution in [3.63, 3.8) is 0 Å². The number of nitrogens with one attached hydrogen (secondary N) is 1. The van der Waals surface area contributed by atoms with Crippen LogP contribution < -0.4 is 5.32 Å². The molecule has 1 N–H and O–H groups in total. The topological polar surface area (TPSA) is 12.0 Å². The van der Waals surface area contributed by atoms with E-state index in [4.69, 9.17) is 0 Å². The second-order valence-corrected chi connectivity index (χ2v) is 2.34. The van der Waals surface area contributed by atoms with Gasteiger partial charge in [-0.15, -0.1) is 19.0 Å². The molecule has 0 fully saturated rings. The summed E-state index contributed by atoms with van der Waals surface area (Å²) in [6.07, 6.45) is 8.61. The molecule has 0 aromatic carbocycles. The molecule has 0 amide bonds. The first-order valence-corrected chi connectivity index (χ1v) is 3.43. The molecule has 58 valence electrons. The molecule has 0 aromatic rings. The highest BCUT2D eigenvalue weighted by Crippen LogP contribution is 2.03. The molecule has 1 aliphatic heterocycles. The van der Waals surface area contributed by atoms with Crippen molar-refractivity contribution in [3.8, 4) is 0 Å². The van der Waals surface area contributed by atoms with Gasteiger partial charge in [-0.25, -0.2) is 0 Å². The normalized spacial score (nSPS) is 23.4. The molecule has 0 aromatic heterocycles. The Balaban J connectivity index is 0.000000810. The molecule has 0 saturated heterocycles. The van der Waals surface area contributed by atoms with Gasteiger partial charge in [0, 0.05) is 12.6 Å². The molecule has 0 aliphatic carbocycles. The van der Waals surface area contributed by atoms with Crippen LogP contribution in [0, 0.1) is 0 Å². The average molecular weight is 160 g/mol. The Hall–Kier alpha value is -0.270. The molecule has 0 radical (unpaired) electrons. The van der Waals surface area contributed by atoms with Crippen LogP contribution in [-0.4, -0.2) is 12.6 Å². The molecule has 0 saturated carbocycles. The fraction of sp³-hybridized carbons (Fsp3) is 0.500. The van der Waals surface area contributed by atoms with E-state index in [1.165, 1.54) is 0 Å². The Labute approximate surface area is 68.6 Å². The summed E-state index contributed by atoms with van der Waals surface area (Å²) in [7, 11) is 0. The molecule has 1 heterocycles. The first-order valence-electron chi connectivity index (χ1n) is 3.43. The molecule has 1 aliphatic rings. The fourth-order valence-electron chi connectivity index (χ4n) is 1.04. The third-order valence-corrected chi connectivity index (χ3v) is 1.56. The summed E-state index contributed by atoms with van der Waals surface area (Å²) in [5.41, 5.74) is 0. The highest BCUT2D eigenvalue weighted by molar-refractivity contribution is 5.85. The van der Waals surface area contributed by atoms with E-state index < -0.39 is 0 Å².